The number of hydrogen-bond donors (Lipinski definition) is 4. The van der Waals surface area contributed by atoms with E-state index in [2.05, 4.69) is 77.6 Å². The molecule has 4 aliphatic carbocycles. The Hall–Kier alpha value is -5.30. The zero-order chi connectivity index (χ0) is 45.3. The minimum atomic E-state index is -1.38. The smallest absolute Gasteiger partial charge is 0.541 e. The standard InChI is InChI=1S/C21H21N5O2.C21H30N4O3Si.C6H7NO.Na/c27-20(28-12-13-4-3-9-22-11-13)19-24-21(26-25-19)23-18-16-7-1-5-14(16)10-15-6-2-8-17(15)18;1-29(2,3)11-10-28-13-25-21(23-19(24-25)20(26)27)22-18-16-8-4-6-14(16)12-15-7-5-9-17(15)18;8-5-6-2-1-3-7-4-6;/h3-4,9-11H,1-2,5-8,12H2,(H2,23,24,25,26);12H,4-11,13H2,1-3H3,(H,26,27)(H,22,23,24);1-4,8H,5H2;/q;;;+1/p-1. The molecule has 6 aromatic rings. The molecule has 2 aromatic carbocycles. The van der Waals surface area contributed by atoms with Gasteiger partial charge in [0.2, 0.25) is 17.7 Å². The quantitative estimate of drug-likeness (QED) is 0.0699. The monoisotopic (exact) mass is 920 g/mol. The number of carboxylic acid groups (broad SMARTS) is 1. The Balaban J connectivity index is 0.000000166. The van der Waals surface area contributed by atoms with Gasteiger partial charge in [0, 0.05) is 56.4 Å². The average Bonchev–Trinajstić information content (AvgIpc) is 4.17. The van der Waals surface area contributed by atoms with Gasteiger partial charge in [-0.05, 0) is 145 Å². The van der Waals surface area contributed by atoms with Crippen molar-refractivity contribution in [2.45, 2.75) is 123 Å². The Morgan fingerprint density at radius 1 is 0.788 bits per heavy atom. The zero-order valence-corrected chi connectivity index (χ0v) is 41.4. The number of aliphatic hydroxyl groups excluding tert-OH is 1. The Morgan fingerprint density at radius 3 is 1.82 bits per heavy atom. The van der Waals surface area contributed by atoms with E-state index < -0.39 is 20.0 Å². The summed E-state index contributed by atoms with van der Waals surface area (Å²) >= 11 is 0. The van der Waals surface area contributed by atoms with E-state index in [1.165, 1.54) is 62.0 Å². The van der Waals surface area contributed by atoms with Crippen LogP contribution in [-0.4, -0.2) is 71.6 Å². The summed E-state index contributed by atoms with van der Waals surface area (Å²) in [5.41, 5.74) is 15.1. The third kappa shape index (κ3) is 12.2. The number of aryl methyl sites for hydroxylation is 4. The Labute approximate surface area is 408 Å². The molecule has 4 aliphatic rings. The number of carboxylic acids is 1. The number of anilines is 4. The number of aliphatic hydroxyl groups is 1. The average molecular weight is 921 g/mol. The fraction of sp³-hybridized carbons (Fsp3) is 0.417. The van der Waals surface area contributed by atoms with Gasteiger partial charge in [-0.3, -0.25) is 15.1 Å². The first-order valence-corrected chi connectivity index (χ1v) is 26.3. The van der Waals surface area contributed by atoms with E-state index in [-0.39, 0.29) is 61.2 Å². The molecule has 66 heavy (non-hydrogen) atoms. The third-order valence-electron chi connectivity index (χ3n) is 12.2. The number of aromatic carboxylic acids is 1. The number of fused-ring (bicyclic) bond motifs is 4. The van der Waals surface area contributed by atoms with Gasteiger partial charge in [0.1, 0.15) is 19.3 Å². The van der Waals surface area contributed by atoms with Gasteiger partial charge >= 0.3 is 35.5 Å². The SMILES string of the molecule is C[Si](C)(C)CCOCn1nc(C(=O)[O-])nc1Nc1c2c(cc3c1CCC3)CCC2.O=C(OCc1cccnc1)c1nc(Nc2c3c(cc4c2CCC4)CCC3)n[nH]1.OCc1cccnc1.[Na+]. The normalized spacial score (nSPS) is 14.1. The molecule has 0 bridgehead atoms. The van der Waals surface area contributed by atoms with E-state index in [9.17, 15) is 14.7 Å². The molecule has 18 heteroatoms. The molecular formula is C48H57N10NaO6Si. The van der Waals surface area contributed by atoms with Crippen molar-refractivity contribution in [1.82, 2.24) is 39.9 Å². The number of ether oxygens (including phenoxy) is 2. The van der Waals surface area contributed by atoms with Crippen molar-refractivity contribution in [1.29, 1.82) is 0 Å². The van der Waals surface area contributed by atoms with Crippen molar-refractivity contribution in [3.05, 3.63) is 128 Å². The van der Waals surface area contributed by atoms with E-state index in [1.54, 1.807) is 36.9 Å². The van der Waals surface area contributed by atoms with Gasteiger partial charge in [0.05, 0.1) is 6.61 Å². The predicted octanol–water partition coefficient (Wildman–Crippen LogP) is 3.53. The molecule has 0 unspecified atom stereocenters. The van der Waals surface area contributed by atoms with Gasteiger partial charge in [-0.25, -0.2) is 9.48 Å². The van der Waals surface area contributed by atoms with Crippen molar-refractivity contribution in [3.8, 4) is 0 Å². The van der Waals surface area contributed by atoms with E-state index >= 15 is 0 Å². The van der Waals surface area contributed by atoms with E-state index in [0.717, 1.165) is 92.8 Å². The second-order valence-corrected chi connectivity index (χ2v) is 23.7. The van der Waals surface area contributed by atoms with Gasteiger partial charge in [-0.2, -0.15) is 9.97 Å². The number of benzene rings is 2. The summed E-state index contributed by atoms with van der Waals surface area (Å²) in [6.45, 7) is 7.91. The summed E-state index contributed by atoms with van der Waals surface area (Å²) in [5.74, 6) is -1.32. The molecule has 0 aliphatic heterocycles. The zero-order valence-electron chi connectivity index (χ0n) is 38.4. The van der Waals surface area contributed by atoms with Crippen LogP contribution in [0.2, 0.25) is 25.7 Å². The van der Waals surface area contributed by atoms with E-state index in [0.29, 0.717) is 18.5 Å². The van der Waals surface area contributed by atoms with Crippen LogP contribution >= 0.6 is 0 Å². The maximum Gasteiger partial charge on any atom is 1.00 e. The topological polar surface area (TPSA) is 218 Å². The number of pyridine rings is 2. The first kappa shape index (κ1) is 48.6. The molecule has 10 rings (SSSR count). The summed E-state index contributed by atoms with van der Waals surface area (Å²) in [6, 6.07) is 13.1. The summed E-state index contributed by atoms with van der Waals surface area (Å²) in [4.78, 5) is 39.9. The summed E-state index contributed by atoms with van der Waals surface area (Å²) in [5, 5.41) is 37.6. The molecule has 4 aromatic heterocycles. The van der Waals surface area contributed by atoms with Crippen LogP contribution in [0.4, 0.5) is 23.3 Å². The van der Waals surface area contributed by atoms with Gasteiger partial charge in [-0.15, -0.1) is 10.2 Å². The van der Waals surface area contributed by atoms with Crippen LogP contribution < -0.4 is 45.3 Å². The van der Waals surface area contributed by atoms with Crippen LogP contribution in [-0.2, 0) is 80.8 Å². The van der Waals surface area contributed by atoms with Crippen molar-refractivity contribution in [3.63, 3.8) is 0 Å². The van der Waals surface area contributed by atoms with E-state index in [4.69, 9.17) is 14.6 Å². The first-order valence-electron chi connectivity index (χ1n) is 22.6. The van der Waals surface area contributed by atoms with Gasteiger partial charge < -0.3 is 35.1 Å². The molecule has 16 nitrogen and oxygen atoms in total. The molecule has 0 spiro atoms. The van der Waals surface area contributed by atoms with Gasteiger partial charge in [0.25, 0.3) is 0 Å². The van der Waals surface area contributed by atoms with Gasteiger partial charge in [-0.1, -0.05) is 43.9 Å². The Bertz CT molecular complexity index is 2550. The van der Waals surface area contributed by atoms with Crippen molar-refractivity contribution >= 4 is 43.3 Å². The molecule has 4 heterocycles. The number of aromatic amines is 1. The number of nitrogens with zero attached hydrogens (tertiary/aromatic N) is 7. The minimum absolute atomic E-state index is 0. The predicted molar refractivity (Wildman–Crippen MR) is 246 cm³/mol. The molecule has 0 saturated carbocycles. The number of esters is 1. The summed E-state index contributed by atoms with van der Waals surface area (Å²) < 4.78 is 12.6. The van der Waals surface area contributed by atoms with Crippen LogP contribution in [0.1, 0.15) is 103 Å². The molecular weight excluding hydrogens is 864 g/mol. The van der Waals surface area contributed by atoms with Gasteiger partial charge in [0.15, 0.2) is 5.82 Å². The summed E-state index contributed by atoms with van der Waals surface area (Å²) in [7, 11) is -1.20. The maximum absolute atomic E-state index is 12.3. The largest absolute Gasteiger partial charge is 1.00 e. The number of H-pyrrole nitrogens is 1. The fourth-order valence-corrected chi connectivity index (χ4v) is 9.66. The van der Waals surface area contributed by atoms with Crippen LogP contribution in [0.25, 0.3) is 0 Å². The summed E-state index contributed by atoms with van der Waals surface area (Å²) in [6.07, 6.45) is 20.1. The second kappa shape index (κ2) is 22.5. The molecule has 0 atom stereocenters. The molecule has 0 amide bonds. The first-order chi connectivity index (χ1) is 31.5. The Morgan fingerprint density at radius 2 is 1.33 bits per heavy atom. The number of hydrogen-bond acceptors (Lipinski definition) is 14. The third-order valence-corrected chi connectivity index (χ3v) is 13.9. The van der Waals surface area contributed by atoms with Crippen LogP contribution in [0.5, 0.6) is 0 Å². The minimum Gasteiger partial charge on any atom is -0.541 e. The van der Waals surface area contributed by atoms with Crippen molar-refractivity contribution < 1.29 is 58.8 Å². The maximum atomic E-state index is 12.3. The number of carbonyl (C=O) groups excluding carboxylic acids is 2. The molecule has 4 N–H and O–H groups in total. The van der Waals surface area contributed by atoms with Crippen LogP contribution in [0, 0.1) is 0 Å². The molecule has 0 saturated heterocycles. The van der Waals surface area contributed by atoms with E-state index in [1.807, 2.05) is 12.1 Å². The second-order valence-electron chi connectivity index (χ2n) is 18.1. The molecule has 0 radical (unpaired) electrons. The Kier molecular flexibility index (Phi) is 16.5. The number of nitrogens with one attached hydrogen (secondary N) is 3. The number of aromatic nitrogens is 8. The fourth-order valence-electron chi connectivity index (χ4n) is 8.90. The molecule has 340 valence electrons. The van der Waals surface area contributed by atoms with Crippen molar-refractivity contribution in [2.24, 2.45) is 0 Å². The van der Waals surface area contributed by atoms with Crippen LogP contribution in [0.15, 0.2) is 61.2 Å². The number of rotatable bonds is 14. The number of carbonyl (C=O) groups is 2. The molecule has 0 fully saturated rings. The van der Waals surface area contributed by atoms with Crippen molar-refractivity contribution in [2.75, 3.05) is 17.2 Å². The van der Waals surface area contributed by atoms with Crippen LogP contribution in [0.3, 0.4) is 0 Å².